The van der Waals surface area contributed by atoms with Gasteiger partial charge >= 0.3 is 398 Å². The van der Waals surface area contributed by atoms with Gasteiger partial charge in [0.1, 0.15) is 0 Å². The first kappa shape index (κ1) is 43.9. The summed E-state index contributed by atoms with van der Waals surface area (Å²) >= 11 is 2.48. The first-order valence-corrected chi connectivity index (χ1v) is 27.4. The van der Waals surface area contributed by atoms with Crippen LogP contribution in [0.1, 0.15) is 62.3 Å². The molecule has 0 atom stereocenters. The van der Waals surface area contributed by atoms with Gasteiger partial charge in [-0.15, -0.1) is 6.07 Å². The van der Waals surface area contributed by atoms with Crippen molar-refractivity contribution in [2.75, 3.05) is 9.62 Å². The van der Waals surface area contributed by atoms with E-state index in [0.29, 0.717) is 22.7 Å². The molecule has 0 fully saturated rings. The van der Waals surface area contributed by atoms with Crippen LogP contribution in [0.2, 0.25) is 0 Å². The van der Waals surface area contributed by atoms with Gasteiger partial charge in [-0.3, -0.25) is 0 Å². The molecule has 0 spiro atoms. The third kappa shape index (κ3) is 7.49. The van der Waals surface area contributed by atoms with Crippen LogP contribution in [0.25, 0.3) is 78.0 Å². The number of rotatable bonds is 7. The van der Waals surface area contributed by atoms with Gasteiger partial charge in [0.15, 0.2) is 0 Å². The van der Waals surface area contributed by atoms with Gasteiger partial charge in [0, 0.05) is 11.3 Å². The molecule has 0 saturated carbocycles. The number of fused-ring (bicyclic) bond motifs is 10. The Morgan fingerprint density at radius 2 is 1.16 bits per heavy atom. The van der Waals surface area contributed by atoms with Crippen LogP contribution in [0.4, 0.5) is 22.9 Å². The Bertz CT molecular complexity index is 4400. The average molecular weight is 1180 g/mol. The van der Waals surface area contributed by atoms with E-state index < -0.39 is 6.85 Å². The fourth-order valence-corrected chi connectivity index (χ4v) is 12.9. The van der Waals surface area contributed by atoms with E-state index in [1.54, 1.807) is 12.1 Å². The van der Waals surface area contributed by atoms with Crippen LogP contribution in [0.5, 0.6) is 11.6 Å². The quantitative estimate of drug-likeness (QED) is 0.118. The number of anilines is 4. The summed E-state index contributed by atoms with van der Waals surface area (Å²) in [6, 6.07) is 76.9. The van der Waals surface area contributed by atoms with Crippen LogP contribution in [-0.2, 0) is 30.2 Å². The zero-order valence-corrected chi connectivity index (χ0v) is 45.9. The monoisotopic (exact) mass is 1180 g/mol. The molecule has 3 aliphatic rings. The third-order valence-corrected chi connectivity index (χ3v) is 16.6. The summed E-state index contributed by atoms with van der Waals surface area (Å²) in [5.41, 5.74) is 20.4. The van der Waals surface area contributed by atoms with Crippen LogP contribution in [0.3, 0.4) is 0 Å². The third-order valence-electron chi connectivity index (χ3n) is 15.6. The van der Waals surface area contributed by atoms with E-state index in [1.165, 1.54) is 11.1 Å². The number of hydrogen-bond acceptors (Lipinski definition) is 4. The number of aromatic nitrogens is 3. The van der Waals surface area contributed by atoms with E-state index in [-0.39, 0.29) is 29.3 Å². The molecule has 0 saturated heterocycles. The van der Waals surface area contributed by atoms with Gasteiger partial charge in [-0.2, -0.15) is 12.1 Å². The van der Waals surface area contributed by atoms with Crippen LogP contribution in [0, 0.1) is 22.8 Å². The molecule has 9 aromatic carbocycles. The SMILES string of the molecule is [2H]C([2H])([2H])c1ccccc1-c1cc2c(nc1Oc1[c-]c(-n3[c](=[Pt])n(-c4c(-c5ccccc5)cc(C(C)(C)C)cc4-c4ccc(C(C)(C)C)cc4)c4ccccc43)ccc1)N1B3c4c(cccc4-2)-c2ccccc2N3c2ccc[c-]c21. The van der Waals surface area contributed by atoms with Crippen molar-refractivity contribution in [2.24, 2.45) is 0 Å². The molecule has 0 unspecified atom stereocenters. The number of ether oxygens (including phenoxy) is 1. The van der Waals surface area contributed by atoms with Crippen molar-refractivity contribution >= 4 is 46.4 Å². The van der Waals surface area contributed by atoms with Crippen molar-refractivity contribution in [1.82, 2.24) is 14.1 Å². The van der Waals surface area contributed by atoms with Gasteiger partial charge in [0.2, 0.25) is 0 Å². The predicted molar refractivity (Wildman–Crippen MR) is 313 cm³/mol. The van der Waals surface area contributed by atoms with Crippen LogP contribution < -0.4 is 19.8 Å². The fraction of sp³-hybridized carbons (Fsp3) is 0.130. The molecule has 11 aromatic rings. The molecular weight excluding hydrogens is 1120 g/mol. The maximum absolute atomic E-state index is 8.77. The van der Waals surface area contributed by atoms with Crippen molar-refractivity contribution in [3.05, 3.63) is 233 Å². The molecule has 0 N–H and O–H groups in total. The number of para-hydroxylation sites is 4. The van der Waals surface area contributed by atoms with E-state index in [9.17, 15) is 0 Å². The molecule has 6 nitrogen and oxygen atoms in total. The average Bonchev–Trinajstić information content (AvgIpc) is 4.14. The molecule has 0 aliphatic carbocycles. The fourth-order valence-electron chi connectivity index (χ4n) is 11.8. The van der Waals surface area contributed by atoms with Crippen molar-refractivity contribution in [3.8, 4) is 78.6 Å². The van der Waals surface area contributed by atoms with Crippen molar-refractivity contribution < 1.29 is 28.2 Å². The summed E-state index contributed by atoms with van der Waals surface area (Å²) in [6.07, 6.45) is 0. The molecule has 5 heterocycles. The Kier molecular flexibility index (Phi) is 10.1. The van der Waals surface area contributed by atoms with E-state index in [1.807, 2.05) is 36.4 Å². The number of pyridine rings is 1. The first-order valence-electron chi connectivity index (χ1n) is 27.7. The van der Waals surface area contributed by atoms with Crippen molar-refractivity contribution in [2.45, 2.75) is 59.2 Å². The van der Waals surface area contributed by atoms with Crippen molar-refractivity contribution in [1.29, 1.82) is 0 Å². The Balaban J connectivity index is 0.972. The molecule has 14 rings (SSSR count). The Labute approximate surface area is 466 Å². The van der Waals surface area contributed by atoms with E-state index in [4.69, 9.17) is 13.8 Å². The minimum absolute atomic E-state index is 0.00388. The second kappa shape index (κ2) is 17.7. The van der Waals surface area contributed by atoms with Gasteiger partial charge in [-0.05, 0) is 11.6 Å². The number of imidazole rings is 1. The van der Waals surface area contributed by atoms with Gasteiger partial charge in [-0.25, -0.2) is 0 Å². The van der Waals surface area contributed by atoms with Gasteiger partial charge in [0.25, 0.3) is 0 Å². The van der Waals surface area contributed by atoms with Gasteiger partial charge in [-0.1, -0.05) is 30.3 Å². The first-order chi connectivity index (χ1) is 38.5. The Hall–Kier alpha value is -8.25. The molecule has 0 bridgehead atoms. The summed E-state index contributed by atoms with van der Waals surface area (Å²) in [5.74, 6) is 1.37. The number of aryl methyl sites for hydroxylation is 1. The minimum atomic E-state index is -2.43. The Morgan fingerprint density at radius 3 is 1.90 bits per heavy atom. The van der Waals surface area contributed by atoms with E-state index >= 15 is 0 Å². The summed E-state index contributed by atoms with van der Waals surface area (Å²) in [7, 11) is 0. The maximum atomic E-state index is 8.77. The Morgan fingerprint density at radius 1 is 0.532 bits per heavy atom. The molecular formula is C69H54BN5OPt-2. The summed E-state index contributed by atoms with van der Waals surface area (Å²) in [5, 5.41) is 0. The number of hydrogen-bond donors (Lipinski definition) is 0. The summed E-state index contributed by atoms with van der Waals surface area (Å²) in [4.78, 5) is 10.2. The molecule has 0 radical (unpaired) electrons. The zero-order valence-electron chi connectivity index (χ0n) is 46.6. The van der Waals surface area contributed by atoms with Crippen molar-refractivity contribution in [3.63, 3.8) is 0 Å². The van der Waals surface area contributed by atoms with E-state index in [2.05, 4.69) is 243 Å². The standard InChI is InChI=1S/C69H54BN5O.Pt/c1-44-21-11-12-26-51(44)58-42-57-54-29-20-28-53-52-27-13-14-30-59(52)74-62-33-17-18-34-63(62)75(70(74)64(53)54)66(57)71-67(58)76-50-25-19-24-49(41-50)72-43-73(61-32-16-15-31-60(61)72)65-55(45-22-9-8-10-23-45)39-48(69(5,6)7)40-56(65)46-35-37-47(38-36-46)68(2,3)4;/h8-33,35-40,42H,1-7H3;/q-2;/i1D3;. The predicted octanol–water partition coefficient (Wildman–Crippen LogP) is 16.8. The molecule has 8 heteroatoms. The summed E-state index contributed by atoms with van der Waals surface area (Å²) in [6.45, 7) is 11.0. The molecule has 77 heavy (non-hydrogen) atoms. The molecule has 0 amide bonds. The normalized spacial score (nSPS) is 13.9. The molecule has 376 valence electrons. The topological polar surface area (TPSA) is 38.5 Å². The summed E-state index contributed by atoms with van der Waals surface area (Å²) < 4.78 is 39.1. The molecule has 3 aliphatic heterocycles. The van der Waals surface area contributed by atoms with Gasteiger partial charge < -0.3 is 0 Å². The van der Waals surface area contributed by atoms with Gasteiger partial charge in [0.05, 0.1) is 0 Å². The van der Waals surface area contributed by atoms with Crippen LogP contribution >= 0.6 is 0 Å². The molecule has 2 aromatic heterocycles. The van der Waals surface area contributed by atoms with Crippen LogP contribution in [0.15, 0.2) is 200 Å². The second-order valence-corrected chi connectivity index (χ2v) is 23.3. The number of benzene rings is 9. The zero-order chi connectivity index (χ0) is 55.0. The second-order valence-electron chi connectivity index (χ2n) is 22.3. The van der Waals surface area contributed by atoms with E-state index in [0.717, 1.165) is 93.2 Å². The number of nitrogens with zero attached hydrogens (tertiary/aromatic N) is 5. The van der Waals surface area contributed by atoms with Crippen LogP contribution in [-0.4, -0.2) is 21.1 Å².